The number of aliphatic hydroxyl groups is 1. The number of rotatable bonds is 5. The maximum atomic E-state index is 11.5. The van der Waals surface area contributed by atoms with Crippen LogP contribution in [0.4, 0.5) is 0 Å². The quantitative estimate of drug-likeness (QED) is 0.418. The van der Waals surface area contributed by atoms with Gasteiger partial charge in [-0.2, -0.15) is 4.99 Å². The second kappa shape index (κ2) is 6.32. The van der Waals surface area contributed by atoms with Crippen molar-refractivity contribution in [1.82, 2.24) is 0 Å². The number of isocyanates is 1. The second-order valence-corrected chi connectivity index (χ2v) is 4.14. The molecule has 0 aliphatic rings. The smallest absolute Gasteiger partial charge is 0.332 e. The molecule has 0 rings (SSSR count). The van der Waals surface area contributed by atoms with Gasteiger partial charge in [-0.1, -0.05) is 0 Å². The molecule has 0 amide bonds. The van der Waals surface area contributed by atoms with Crippen LogP contribution in [-0.4, -0.2) is 35.4 Å². The number of aliphatic imine (C=N–C) groups is 1. The van der Waals surface area contributed by atoms with Crippen molar-refractivity contribution in [3.8, 4) is 0 Å². The first-order valence-electron chi connectivity index (χ1n) is 4.81. The zero-order chi connectivity index (χ0) is 11.9. The van der Waals surface area contributed by atoms with Crippen LogP contribution in [0.5, 0.6) is 0 Å². The van der Waals surface area contributed by atoms with E-state index in [9.17, 15) is 9.59 Å². The number of esters is 1. The average molecular weight is 215 g/mol. The van der Waals surface area contributed by atoms with Gasteiger partial charge >= 0.3 is 5.97 Å². The molecular weight excluding hydrogens is 198 g/mol. The van der Waals surface area contributed by atoms with Crippen molar-refractivity contribution in [2.75, 3.05) is 6.61 Å². The molecule has 1 unspecified atom stereocenters. The highest BCUT2D eigenvalue weighted by Gasteiger charge is 2.24. The van der Waals surface area contributed by atoms with Crippen molar-refractivity contribution in [2.45, 2.75) is 45.3 Å². The number of nitrogens with zero attached hydrogens (tertiary/aromatic N) is 1. The van der Waals surface area contributed by atoms with Gasteiger partial charge < -0.3 is 9.84 Å². The number of hydrogen-bond acceptors (Lipinski definition) is 5. The molecule has 0 aromatic heterocycles. The molecule has 0 fully saturated rings. The summed E-state index contributed by atoms with van der Waals surface area (Å²) in [7, 11) is 0. The first-order chi connectivity index (χ1) is 6.90. The van der Waals surface area contributed by atoms with E-state index < -0.39 is 17.6 Å². The van der Waals surface area contributed by atoms with Gasteiger partial charge in [-0.15, -0.1) is 0 Å². The van der Waals surface area contributed by atoms with Crippen molar-refractivity contribution in [1.29, 1.82) is 0 Å². The molecule has 0 aromatic carbocycles. The Kier molecular flexibility index (Phi) is 5.82. The molecule has 0 spiro atoms. The van der Waals surface area contributed by atoms with E-state index in [0.29, 0.717) is 12.8 Å². The van der Waals surface area contributed by atoms with Gasteiger partial charge in [-0.25, -0.2) is 9.59 Å². The minimum absolute atomic E-state index is 0.0479. The Hall–Kier alpha value is -1.19. The lowest BCUT2D eigenvalue weighted by Gasteiger charge is -2.21. The fourth-order valence-corrected chi connectivity index (χ4v) is 0.953. The van der Waals surface area contributed by atoms with Crippen molar-refractivity contribution in [3.63, 3.8) is 0 Å². The van der Waals surface area contributed by atoms with Crippen LogP contribution in [0.25, 0.3) is 0 Å². The Labute approximate surface area is 89.1 Å². The lowest BCUT2D eigenvalue weighted by atomic mass is 10.1. The minimum Gasteiger partial charge on any atom is -0.458 e. The molecule has 0 aliphatic carbocycles. The Balaban J connectivity index is 4.35. The standard InChI is InChI=1S/C10H17NO4/c1-10(2,3)15-9(14)8(11-7-13)5-4-6-12/h8,12H,4-6H2,1-3H3. The van der Waals surface area contributed by atoms with Crippen molar-refractivity contribution in [2.24, 2.45) is 4.99 Å². The Bertz CT molecular complexity index is 251. The van der Waals surface area contributed by atoms with Gasteiger partial charge in [-0.3, -0.25) is 0 Å². The van der Waals surface area contributed by atoms with Crippen molar-refractivity contribution < 1.29 is 19.4 Å². The van der Waals surface area contributed by atoms with Crippen LogP contribution in [-0.2, 0) is 14.3 Å². The van der Waals surface area contributed by atoms with Crippen LogP contribution in [0.3, 0.4) is 0 Å². The predicted molar refractivity (Wildman–Crippen MR) is 54.1 cm³/mol. The van der Waals surface area contributed by atoms with E-state index in [0.717, 1.165) is 0 Å². The number of aliphatic hydroxyl groups excluding tert-OH is 1. The Morgan fingerprint density at radius 2 is 2.13 bits per heavy atom. The van der Waals surface area contributed by atoms with Gasteiger partial charge in [0.25, 0.3) is 0 Å². The minimum atomic E-state index is -0.853. The van der Waals surface area contributed by atoms with E-state index in [-0.39, 0.29) is 6.61 Å². The van der Waals surface area contributed by atoms with E-state index in [1.54, 1.807) is 20.8 Å². The van der Waals surface area contributed by atoms with Gasteiger partial charge in [0.15, 0.2) is 6.04 Å². The number of carbonyl (C=O) groups excluding carboxylic acids is 2. The number of ether oxygens (including phenoxy) is 1. The van der Waals surface area contributed by atoms with Gasteiger partial charge in [0, 0.05) is 6.61 Å². The average Bonchev–Trinajstić information content (AvgIpc) is 2.09. The SMILES string of the molecule is CC(C)(C)OC(=O)C(CCCO)N=C=O. The third kappa shape index (κ3) is 6.82. The normalized spacial score (nSPS) is 12.8. The molecule has 5 nitrogen and oxygen atoms in total. The second-order valence-electron chi connectivity index (χ2n) is 4.14. The summed E-state index contributed by atoms with van der Waals surface area (Å²) in [6.45, 7) is 5.16. The fraction of sp³-hybridized carbons (Fsp3) is 0.800. The van der Waals surface area contributed by atoms with E-state index in [2.05, 4.69) is 4.99 Å². The predicted octanol–water partition coefficient (Wildman–Crippen LogP) is 0.805. The van der Waals surface area contributed by atoms with Gasteiger partial charge in [0.05, 0.1) is 0 Å². The fourth-order valence-electron chi connectivity index (χ4n) is 0.953. The maximum absolute atomic E-state index is 11.5. The first-order valence-corrected chi connectivity index (χ1v) is 4.81. The molecule has 1 N–H and O–H groups in total. The van der Waals surface area contributed by atoms with Crippen LogP contribution < -0.4 is 0 Å². The lowest BCUT2D eigenvalue weighted by Crippen LogP contribution is -2.31. The molecular formula is C10H17NO4. The summed E-state index contributed by atoms with van der Waals surface area (Å²) in [5, 5.41) is 8.61. The zero-order valence-corrected chi connectivity index (χ0v) is 9.32. The summed E-state index contributed by atoms with van der Waals surface area (Å²) in [5.41, 5.74) is -0.604. The zero-order valence-electron chi connectivity index (χ0n) is 9.32. The summed E-state index contributed by atoms with van der Waals surface area (Å²) in [6, 6.07) is -0.853. The van der Waals surface area contributed by atoms with E-state index in [1.807, 2.05) is 0 Å². The topological polar surface area (TPSA) is 76.0 Å². The molecule has 0 saturated carbocycles. The van der Waals surface area contributed by atoms with Crippen LogP contribution in [0.15, 0.2) is 4.99 Å². The molecule has 0 aliphatic heterocycles. The highest BCUT2D eigenvalue weighted by Crippen LogP contribution is 2.12. The van der Waals surface area contributed by atoms with E-state index >= 15 is 0 Å². The van der Waals surface area contributed by atoms with Crippen LogP contribution in [0.1, 0.15) is 33.6 Å². The summed E-state index contributed by atoms with van der Waals surface area (Å²) in [6.07, 6.45) is 2.03. The number of hydrogen-bond donors (Lipinski definition) is 1. The molecule has 0 radical (unpaired) electrons. The van der Waals surface area contributed by atoms with Crippen LogP contribution in [0.2, 0.25) is 0 Å². The van der Waals surface area contributed by atoms with Crippen molar-refractivity contribution in [3.05, 3.63) is 0 Å². The summed E-state index contributed by atoms with van der Waals surface area (Å²) >= 11 is 0. The third-order valence-corrected chi connectivity index (χ3v) is 1.52. The van der Waals surface area contributed by atoms with Gasteiger partial charge in [-0.05, 0) is 33.6 Å². The molecule has 0 bridgehead atoms. The third-order valence-electron chi connectivity index (χ3n) is 1.52. The molecule has 5 heteroatoms. The molecule has 1 atom stereocenters. The van der Waals surface area contributed by atoms with Crippen LogP contribution >= 0.6 is 0 Å². The van der Waals surface area contributed by atoms with Gasteiger partial charge in [0.2, 0.25) is 6.08 Å². The Morgan fingerprint density at radius 3 is 2.53 bits per heavy atom. The monoisotopic (exact) mass is 215 g/mol. The lowest BCUT2D eigenvalue weighted by molar-refractivity contribution is -0.156. The maximum Gasteiger partial charge on any atom is 0.332 e. The van der Waals surface area contributed by atoms with E-state index in [1.165, 1.54) is 6.08 Å². The molecule has 0 heterocycles. The molecule has 15 heavy (non-hydrogen) atoms. The first kappa shape index (κ1) is 13.8. The summed E-state index contributed by atoms with van der Waals surface area (Å²) in [5.74, 6) is -0.556. The number of carbonyl (C=O) groups is 1. The van der Waals surface area contributed by atoms with Crippen LogP contribution in [0, 0.1) is 0 Å². The highest BCUT2D eigenvalue weighted by molar-refractivity contribution is 5.77. The largest absolute Gasteiger partial charge is 0.458 e. The molecule has 86 valence electrons. The Morgan fingerprint density at radius 1 is 1.53 bits per heavy atom. The summed E-state index contributed by atoms with van der Waals surface area (Å²) in [4.78, 5) is 24.9. The van der Waals surface area contributed by atoms with E-state index in [4.69, 9.17) is 9.84 Å². The molecule has 0 saturated heterocycles. The molecule has 0 aromatic rings. The highest BCUT2D eigenvalue weighted by atomic mass is 16.6. The van der Waals surface area contributed by atoms with Crippen molar-refractivity contribution >= 4 is 12.0 Å². The van der Waals surface area contributed by atoms with Gasteiger partial charge in [0.1, 0.15) is 5.60 Å². The summed E-state index contributed by atoms with van der Waals surface area (Å²) < 4.78 is 5.06.